The summed E-state index contributed by atoms with van der Waals surface area (Å²) >= 11 is 0. The molecule has 16 heavy (non-hydrogen) atoms. The van der Waals surface area contributed by atoms with Crippen molar-refractivity contribution in [2.45, 2.75) is 19.8 Å². The number of aliphatic hydroxyl groups excluding tert-OH is 1. The molecule has 3 heteroatoms. The van der Waals surface area contributed by atoms with Crippen molar-refractivity contribution in [3.63, 3.8) is 0 Å². The van der Waals surface area contributed by atoms with Crippen molar-refractivity contribution in [3.8, 4) is 11.3 Å². The molecule has 0 unspecified atom stereocenters. The maximum Gasteiger partial charge on any atom is 0.194 e. The fourth-order valence-electron chi connectivity index (χ4n) is 1.64. The van der Waals surface area contributed by atoms with E-state index in [0.29, 0.717) is 18.7 Å². The number of nitrogens with zero attached hydrogens (tertiary/aromatic N) is 1. The molecule has 0 bridgehead atoms. The summed E-state index contributed by atoms with van der Waals surface area (Å²) in [7, 11) is 0. The number of benzene rings is 1. The van der Waals surface area contributed by atoms with Gasteiger partial charge in [-0.1, -0.05) is 24.3 Å². The first-order chi connectivity index (χ1) is 7.81. The van der Waals surface area contributed by atoms with Crippen molar-refractivity contribution in [3.05, 3.63) is 42.0 Å². The van der Waals surface area contributed by atoms with Crippen LogP contribution in [0.15, 0.2) is 34.9 Å². The van der Waals surface area contributed by atoms with E-state index in [1.807, 2.05) is 18.2 Å². The molecule has 0 aliphatic carbocycles. The van der Waals surface area contributed by atoms with Gasteiger partial charge in [-0.25, -0.2) is 4.98 Å². The Morgan fingerprint density at radius 1 is 1.31 bits per heavy atom. The Labute approximate surface area is 94.8 Å². The predicted octanol–water partition coefficient (Wildman–Crippen LogP) is 2.57. The molecule has 0 atom stereocenters. The van der Waals surface area contributed by atoms with E-state index in [1.54, 1.807) is 6.26 Å². The minimum absolute atomic E-state index is 0.169. The number of oxazole rings is 1. The van der Waals surface area contributed by atoms with Crippen LogP contribution in [0.3, 0.4) is 0 Å². The summed E-state index contributed by atoms with van der Waals surface area (Å²) in [6.07, 6.45) is 3.05. The van der Waals surface area contributed by atoms with Crippen molar-refractivity contribution >= 4 is 0 Å². The molecule has 0 saturated heterocycles. The third kappa shape index (κ3) is 2.31. The van der Waals surface area contributed by atoms with Crippen LogP contribution in [-0.4, -0.2) is 16.7 Å². The molecule has 84 valence electrons. The number of hydrogen-bond acceptors (Lipinski definition) is 3. The van der Waals surface area contributed by atoms with Crippen LogP contribution >= 0.6 is 0 Å². The Morgan fingerprint density at radius 2 is 2.12 bits per heavy atom. The monoisotopic (exact) mass is 217 g/mol. The highest BCUT2D eigenvalue weighted by Gasteiger charge is 2.07. The smallest absolute Gasteiger partial charge is 0.194 e. The van der Waals surface area contributed by atoms with Crippen molar-refractivity contribution in [2.24, 2.45) is 0 Å². The van der Waals surface area contributed by atoms with Crippen molar-refractivity contribution < 1.29 is 9.52 Å². The number of hydrogen-bond donors (Lipinski definition) is 1. The third-order valence-corrected chi connectivity index (χ3v) is 2.52. The van der Waals surface area contributed by atoms with E-state index in [9.17, 15) is 0 Å². The molecule has 0 amide bonds. The second-order valence-corrected chi connectivity index (χ2v) is 3.77. The molecular formula is C13H15NO2. The molecule has 0 fully saturated rings. The minimum Gasteiger partial charge on any atom is -0.448 e. The molecule has 1 aromatic heterocycles. The quantitative estimate of drug-likeness (QED) is 0.856. The van der Waals surface area contributed by atoms with Crippen molar-refractivity contribution in [1.29, 1.82) is 0 Å². The van der Waals surface area contributed by atoms with Crippen LogP contribution in [-0.2, 0) is 6.42 Å². The van der Waals surface area contributed by atoms with Crippen LogP contribution in [0.25, 0.3) is 11.3 Å². The van der Waals surface area contributed by atoms with Gasteiger partial charge in [0.05, 0.1) is 0 Å². The van der Waals surface area contributed by atoms with Crippen LogP contribution in [0.4, 0.5) is 0 Å². The van der Waals surface area contributed by atoms with Gasteiger partial charge >= 0.3 is 0 Å². The first-order valence-corrected chi connectivity index (χ1v) is 5.42. The van der Waals surface area contributed by atoms with Gasteiger partial charge in [0, 0.05) is 18.6 Å². The summed E-state index contributed by atoms with van der Waals surface area (Å²) in [6.45, 7) is 2.22. The van der Waals surface area contributed by atoms with Crippen LogP contribution < -0.4 is 0 Å². The molecule has 0 aliphatic heterocycles. The second kappa shape index (κ2) is 4.94. The molecule has 1 aromatic carbocycles. The molecule has 0 radical (unpaired) electrons. The highest BCUT2D eigenvalue weighted by Crippen LogP contribution is 2.22. The van der Waals surface area contributed by atoms with Crippen LogP contribution in [0, 0.1) is 6.92 Å². The highest BCUT2D eigenvalue weighted by molar-refractivity contribution is 5.62. The number of aliphatic hydroxyl groups is 1. The van der Waals surface area contributed by atoms with E-state index < -0.39 is 0 Å². The van der Waals surface area contributed by atoms with E-state index in [4.69, 9.17) is 9.52 Å². The van der Waals surface area contributed by atoms with Crippen LogP contribution in [0.2, 0.25) is 0 Å². The molecule has 2 rings (SSSR count). The largest absolute Gasteiger partial charge is 0.448 e. The molecule has 1 N–H and O–H groups in total. The molecule has 3 nitrogen and oxygen atoms in total. The van der Waals surface area contributed by atoms with E-state index in [-0.39, 0.29) is 6.61 Å². The maximum atomic E-state index is 8.73. The Balaban J connectivity index is 2.22. The first-order valence-electron chi connectivity index (χ1n) is 5.42. The van der Waals surface area contributed by atoms with E-state index >= 15 is 0 Å². The maximum absolute atomic E-state index is 8.73. The lowest BCUT2D eigenvalue weighted by molar-refractivity contribution is 0.283. The second-order valence-electron chi connectivity index (χ2n) is 3.77. The lowest BCUT2D eigenvalue weighted by Crippen LogP contribution is -1.90. The van der Waals surface area contributed by atoms with Gasteiger partial charge in [0.25, 0.3) is 0 Å². The molecule has 0 spiro atoms. The average molecular weight is 217 g/mol. The van der Waals surface area contributed by atoms with Gasteiger partial charge in [-0.05, 0) is 18.9 Å². The van der Waals surface area contributed by atoms with Gasteiger partial charge in [-0.3, -0.25) is 0 Å². The molecule has 0 saturated carbocycles. The summed E-state index contributed by atoms with van der Waals surface area (Å²) in [5.74, 6) is 0.687. The van der Waals surface area contributed by atoms with Crippen LogP contribution in [0.1, 0.15) is 17.9 Å². The van der Waals surface area contributed by atoms with Gasteiger partial charge in [-0.2, -0.15) is 0 Å². The Hall–Kier alpha value is -1.61. The lowest BCUT2D eigenvalue weighted by Gasteiger charge is -1.99. The summed E-state index contributed by atoms with van der Waals surface area (Å²) in [5, 5.41) is 8.73. The zero-order chi connectivity index (χ0) is 11.4. The molecule has 1 heterocycles. The third-order valence-electron chi connectivity index (χ3n) is 2.52. The number of rotatable bonds is 4. The number of aromatic nitrogens is 1. The molecular weight excluding hydrogens is 202 g/mol. The Morgan fingerprint density at radius 3 is 2.88 bits per heavy atom. The van der Waals surface area contributed by atoms with E-state index in [0.717, 1.165) is 11.3 Å². The minimum atomic E-state index is 0.169. The highest BCUT2D eigenvalue weighted by atomic mass is 16.3. The summed E-state index contributed by atoms with van der Waals surface area (Å²) < 4.78 is 5.35. The van der Waals surface area contributed by atoms with Gasteiger partial charge in [0.1, 0.15) is 12.0 Å². The van der Waals surface area contributed by atoms with Gasteiger partial charge in [0.15, 0.2) is 5.89 Å². The van der Waals surface area contributed by atoms with Crippen LogP contribution in [0.5, 0.6) is 0 Å². The fourth-order valence-corrected chi connectivity index (χ4v) is 1.64. The van der Waals surface area contributed by atoms with E-state index in [2.05, 4.69) is 18.0 Å². The number of aryl methyl sites for hydroxylation is 2. The lowest BCUT2D eigenvalue weighted by atomic mass is 10.1. The van der Waals surface area contributed by atoms with E-state index in [1.165, 1.54) is 5.56 Å². The van der Waals surface area contributed by atoms with Crippen molar-refractivity contribution in [1.82, 2.24) is 4.98 Å². The topological polar surface area (TPSA) is 46.3 Å². The summed E-state index contributed by atoms with van der Waals surface area (Å²) in [5.41, 5.74) is 3.15. The molecule has 2 aromatic rings. The Kier molecular flexibility index (Phi) is 3.37. The standard InChI is InChI=1S/C13H15NO2/c1-10-5-2-3-6-11(10)12-9-16-13(14-12)7-4-8-15/h2-3,5-6,9,15H,4,7-8H2,1H3. The van der Waals surface area contributed by atoms with Gasteiger partial charge < -0.3 is 9.52 Å². The fraction of sp³-hybridized carbons (Fsp3) is 0.308. The zero-order valence-corrected chi connectivity index (χ0v) is 9.31. The van der Waals surface area contributed by atoms with Gasteiger partial charge in [-0.15, -0.1) is 0 Å². The Bertz CT molecular complexity index is 462. The predicted molar refractivity (Wildman–Crippen MR) is 62.1 cm³/mol. The average Bonchev–Trinajstić information content (AvgIpc) is 2.75. The SMILES string of the molecule is Cc1ccccc1-c1coc(CCCO)n1. The van der Waals surface area contributed by atoms with Gasteiger partial charge in [0.2, 0.25) is 0 Å². The summed E-state index contributed by atoms with van der Waals surface area (Å²) in [6, 6.07) is 8.08. The first kappa shape index (κ1) is 10.9. The summed E-state index contributed by atoms with van der Waals surface area (Å²) in [4.78, 5) is 4.40. The normalized spacial score (nSPS) is 10.6. The molecule has 0 aliphatic rings. The zero-order valence-electron chi connectivity index (χ0n) is 9.31. The van der Waals surface area contributed by atoms with Crippen molar-refractivity contribution in [2.75, 3.05) is 6.61 Å².